The standard InChI is InChI=1S/C18H15ClN2O3/c1-23-18(22)15-16(13-8-5-9-14(19)10-13)21-24-17(15)20-11-12-6-3-2-4-7-12/h2-10,20H,11H2,1H3. The zero-order chi connectivity index (χ0) is 16.9. The first-order valence-electron chi connectivity index (χ1n) is 7.30. The maximum Gasteiger partial charge on any atom is 0.345 e. The number of esters is 1. The summed E-state index contributed by atoms with van der Waals surface area (Å²) in [5.41, 5.74) is 2.36. The first-order valence-corrected chi connectivity index (χ1v) is 7.68. The van der Waals surface area contributed by atoms with Gasteiger partial charge in [0.1, 0.15) is 5.69 Å². The van der Waals surface area contributed by atoms with Crippen LogP contribution in [0.1, 0.15) is 15.9 Å². The Labute approximate surface area is 144 Å². The molecular weight excluding hydrogens is 328 g/mol. The summed E-state index contributed by atoms with van der Waals surface area (Å²) in [6.45, 7) is 0.495. The summed E-state index contributed by atoms with van der Waals surface area (Å²) in [6.07, 6.45) is 0. The molecule has 1 aromatic heterocycles. The van der Waals surface area contributed by atoms with Crippen LogP contribution >= 0.6 is 11.6 Å². The van der Waals surface area contributed by atoms with Crippen LogP contribution in [0, 0.1) is 0 Å². The highest BCUT2D eigenvalue weighted by atomic mass is 35.5. The Morgan fingerprint density at radius 2 is 2.00 bits per heavy atom. The van der Waals surface area contributed by atoms with E-state index in [1.807, 2.05) is 30.3 Å². The summed E-state index contributed by atoms with van der Waals surface area (Å²) < 4.78 is 10.2. The summed E-state index contributed by atoms with van der Waals surface area (Å²) in [7, 11) is 1.32. The van der Waals surface area contributed by atoms with Gasteiger partial charge in [-0.25, -0.2) is 4.79 Å². The van der Waals surface area contributed by atoms with Crippen molar-refractivity contribution < 1.29 is 14.1 Å². The number of carbonyl (C=O) groups is 1. The van der Waals surface area contributed by atoms with E-state index < -0.39 is 5.97 Å². The number of anilines is 1. The number of hydrogen-bond acceptors (Lipinski definition) is 5. The summed E-state index contributed by atoms with van der Waals surface area (Å²) in [6, 6.07) is 16.8. The molecule has 0 aliphatic carbocycles. The zero-order valence-electron chi connectivity index (χ0n) is 13.0. The molecule has 0 radical (unpaired) electrons. The lowest BCUT2D eigenvalue weighted by Gasteiger charge is -2.05. The van der Waals surface area contributed by atoms with Crippen LogP contribution in [0.5, 0.6) is 0 Å². The number of nitrogens with zero attached hydrogens (tertiary/aromatic N) is 1. The largest absolute Gasteiger partial charge is 0.465 e. The van der Waals surface area contributed by atoms with E-state index in [0.717, 1.165) is 5.56 Å². The van der Waals surface area contributed by atoms with E-state index in [4.69, 9.17) is 20.9 Å². The van der Waals surface area contributed by atoms with Crippen LogP contribution in [-0.2, 0) is 11.3 Å². The van der Waals surface area contributed by atoms with Crippen molar-refractivity contribution in [1.82, 2.24) is 5.16 Å². The number of hydrogen-bond donors (Lipinski definition) is 1. The van der Waals surface area contributed by atoms with Crippen molar-refractivity contribution in [3.8, 4) is 11.3 Å². The van der Waals surface area contributed by atoms with E-state index in [9.17, 15) is 4.79 Å². The second-order valence-electron chi connectivity index (χ2n) is 5.08. The third-order valence-corrected chi connectivity index (χ3v) is 3.71. The number of nitrogens with one attached hydrogen (secondary N) is 1. The fourth-order valence-corrected chi connectivity index (χ4v) is 2.50. The molecule has 5 nitrogen and oxygen atoms in total. The molecule has 1 N–H and O–H groups in total. The molecule has 0 amide bonds. The molecule has 0 spiro atoms. The SMILES string of the molecule is COC(=O)c1c(-c2cccc(Cl)c2)noc1NCc1ccccc1. The Bertz CT molecular complexity index is 846. The second-order valence-corrected chi connectivity index (χ2v) is 5.51. The van der Waals surface area contributed by atoms with Gasteiger partial charge in [0.25, 0.3) is 0 Å². The Kier molecular flexibility index (Phi) is 4.82. The number of rotatable bonds is 5. The summed E-state index contributed by atoms with van der Waals surface area (Å²) >= 11 is 6.02. The smallest absolute Gasteiger partial charge is 0.345 e. The molecule has 0 atom stereocenters. The molecule has 0 saturated carbocycles. The van der Waals surface area contributed by atoms with Crippen LogP contribution < -0.4 is 5.32 Å². The predicted octanol–water partition coefficient (Wildman–Crippen LogP) is 4.39. The maximum atomic E-state index is 12.2. The Hall–Kier alpha value is -2.79. The molecule has 0 aliphatic heterocycles. The Balaban J connectivity index is 1.94. The number of benzene rings is 2. The van der Waals surface area contributed by atoms with Gasteiger partial charge in [-0.2, -0.15) is 0 Å². The first-order chi connectivity index (χ1) is 11.7. The molecule has 0 unspecified atom stereocenters. The van der Waals surface area contributed by atoms with E-state index in [-0.39, 0.29) is 11.4 Å². The number of halogens is 1. The third-order valence-electron chi connectivity index (χ3n) is 3.48. The molecule has 2 aromatic carbocycles. The van der Waals surface area contributed by atoms with Gasteiger partial charge in [0.15, 0.2) is 5.56 Å². The van der Waals surface area contributed by atoms with Crippen LogP contribution in [0.2, 0.25) is 5.02 Å². The van der Waals surface area contributed by atoms with Gasteiger partial charge in [-0.15, -0.1) is 0 Å². The minimum Gasteiger partial charge on any atom is -0.465 e. The van der Waals surface area contributed by atoms with E-state index in [0.29, 0.717) is 22.8 Å². The van der Waals surface area contributed by atoms with Gasteiger partial charge >= 0.3 is 5.97 Å². The van der Waals surface area contributed by atoms with Gasteiger partial charge in [0.05, 0.1) is 7.11 Å². The summed E-state index contributed by atoms with van der Waals surface area (Å²) in [5.74, 6) is -0.262. The quantitative estimate of drug-likeness (QED) is 0.696. The topological polar surface area (TPSA) is 64.4 Å². The average Bonchev–Trinajstić information content (AvgIpc) is 3.04. The minimum absolute atomic E-state index is 0.246. The van der Waals surface area contributed by atoms with Crippen molar-refractivity contribution >= 4 is 23.5 Å². The van der Waals surface area contributed by atoms with Gasteiger partial charge in [-0.3, -0.25) is 0 Å². The highest BCUT2D eigenvalue weighted by Gasteiger charge is 2.25. The van der Waals surface area contributed by atoms with Crippen LogP contribution in [0.15, 0.2) is 59.1 Å². The van der Waals surface area contributed by atoms with Gasteiger partial charge in [0.2, 0.25) is 5.88 Å². The minimum atomic E-state index is -0.526. The lowest BCUT2D eigenvalue weighted by atomic mass is 10.1. The lowest BCUT2D eigenvalue weighted by molar-refractivity contribution is 0.0602. The van der Waals surface area contributed by atoms with Gasteiger partial charge < -0.3 is 14.6 Å². The summed E-state index contributed by atoms with van der Waals surface area (Å²) in [5, 5.41) is 7.64. The Morgan fingerprint density at radius 1 is 1.21 bits per heavy atom. The lowest BCUT2D eigenvalue weighted by Crippen LogP contribution is -2.07. The molecule has 6 heteroatoms. The molecule has 0 fully saturated rings. The fourth-order valence-electron chi connectivity index (χ4n) is 2.31. The van der Waals surface area contributed by atoms with Crippen molar-refractivity contribution in [2.24, 2.45) is 0 Å². The summed E-state index contributed by atoms with van der Waals surface area (Å²) in [4.78, 5) is 12.2. The van der Waals surface area contributed by atoms with E-state index >= 15 is 0 Å². The zero-order valence-corrected chi connectivity index (χ0v) is 13.7. The molecule has 0 aliphatic rings. The van der Waals surface area contributed by atoms with Crippen LogP contribution in [0.25, 0.3) is 11.3 Å². The van der Waals surface area contributed by atoms with E-state index in [2.05, 4.69) is 10.5 Å². The first kappa shape index (κ1) is 16.1. The maximum absolute atomic E-state index is 12.2. The average molecular weight is 343 g/mol. The Morgan fingerprint density at radius 3 is 2.71 bits per heavy atom. The molecule has 3 aromatic rings. The molecule has 122 valence electrons. The van der Waals surface area contributed by atoms with Gasteiger partial charge in [-0.05, 0) is 17.7 Å². The second kappa shape index (κ2) is 7.19. The highest BCUT2D eigenvalue weighted by Crippen LogP contribution is 2.31. The van der Waals surface area contributed by atoms with Crippen LogP contribution in [0.3, 0.4) is 0 Å². The van der Waals surface area contributed by atoms with Crippen molar-refractivity contribution in [2.45, 2.75) is 6.54 Å². The van der Waals surface area contributed by atoms with E-state index in [1.165, 1.54) is 7.11 Å². The van der Waals surface area contributed by atoms with E-state index in [1.54, 1.807) is 24.3 Å². The molecule has 1 heterocycles. The normalized spacial score (nSPS) is 10.4. The molecule has 24 heavy (non-hydrogen) atoms. The fraction of sp³-hybridized carbons (Fsp3) is 0.111. The number of methoxy groups -OCH3 is 1. The van der Waals surface area contributed by atoms with Crippen molar-refractivity contribution in [3.63, 3.8) is 0 Å². The molecule has 0 bridgehead atoms. The molecule has 3 rings (SSSR count). The number of aromatic nitrogens is 1. The van der Waals surface area contributed by atoms with Crippen molar-refractivity contribution in [3.05, 3.63) is 70.7 Å². The molecule has 0 saturated heterocycles. The van der Waals surface area contributed by atoms with Crippen molar-refractivity contribution in [1.29, 1.82) is 0 Å². The number of ether oxygens (including phenoxy) is 1. The monoisotopic (exact) mass is 342 g/mol. The molecular formula is C18H15ClN2O3. The van der Waals surface area contributed by atoms with Crippen molar-refractivity contribution in [2.75, 3.05) is 12.4 Å². The van der Waals surface area contributed by atoms with Crippen LogP contribution in [-0.4, -0.2) is 18.2 Å². The van der Waals surface area contributed by atoms with Gasteiger partial charge in [0, 0.05) is 17.1 Å². The van der Waals surface area contributed by atoms with Gasteiger partial charge in [-0.1, -0.05) is 59.2 Å². The highest BCUT2D eigenvalue weighted by molar-refractivity contribution is 6.30. The predicted molar refractivity (Wildman–Crippen MR) is 92.1 cm³/mol. The third kappa shape index (κ3) is 3.41. The van der Waals surface area contributed by atoms with Crippen LogP contribution in [0.4, 0.5) is 5.88 Å². The number of carbonyl (C=O) groups excluding carboxylic acids is 1.